The Morgan fingerprint density at radius 1 is 1.21 bits per heavy atom. The number of halogens is 2. The van der Waals surface area contributed by atoms with E-state index in [4.69, 9.17) is 16.6 Å². The van der Waals surface area contributed by atoms with Crippen LogP contribution in [0, 0.1) is 11.7 Å². The first kappa shape index (κ1) is 17.6. The standard InChI is InChI=1S/C21H21ClFN5/c22-16-6-3-15-12-27-13-26-28(20(27)11-25-19(15)10-16)17-7-4-14(5-8-17)21-18(23)2-1-9-24-21/h1-2,4,9-11,13,15,17H,3,5-8,12H2. The van der Waals surface area contributed by atoms with Gasteiger partial charge < -0.3 is 4.90 Å². The number of pyridine rings is 1. The van der Waals surface area contributed by atoms with Crippen molar-refractivity contribution < 1.29 is 4.39 Å². The van der Waals surface area contributed by atoms with Gasteiger partial charge in [-0.25, -0.2) is 9.40 Å². The largest absolute Gasteiger partial charge is 0.314 e. The molecule has 1 aromatic rings. The molecule has 0 radical (unpaired) electrons. The Hall–Kier alpha value is -2.47. The van der Waals surface area contributed by atoms with Crippen LogP contribution in [0.4, 0.5) is 4.39 Å². The Morgan fingerprint density at radius 3 is 2.96 bits per heavy atom. The van der Waals surface area contributed by atoms with E-state index in [0.29, 0.717) is 11.6 Å². The van der Waals surface area contributed by atoms with Gasteiger partial charge in [0.1, 0.15) is 23.7 Å². The molecule has 1 aromatic heterocycles. The molecule has 0 amide bonds. The summed E-state index contributed by atoms with van der Waals surface area (Å²) in [6, 6.07) is 3.33. The van der Waals surface area contributed by atoms with Gasteiger partial charge in [-0.3, -0.25) is 9.98 Å². The van der Waals surface area contributed by atoms with Gasteiger partial charge in [0.05, 0.1) is 12.2 Å². The summed E-state index contributed by atoms with van der Waals surface area (Å²) in [5.41, 5.74) is 2.51. The van der Waals surface area contributed by atoms with Gasteiger partial charge in [0.2, 0.25) is 0 Å². The van der Waals surface area contributed by atoms with Gasteiger partial charge in [0.25, 0.3) is 0 Å². The summed E-state index contributed by atoms with van der Waals surface area (Å²) >= 11 is 6.21. The normalized spacial score (nSPS) is 26.6. The summed E-state index contributed by atoms with van der Waals surface area (Å²) in [5, 5.41) is 7.60. The number of rotatable bonds is 2. The van der Waals surface area contributed by atoms with Crippen LogP contribution in [0.5, 0.6) is 0 Å². The van der Waals surface area contributed by atoms with Crippen LogP contribution in [0.2, 0.25) is 0 Å². The number of allylic oxidation sites excluding steroid dienone is 3. The Bertz CT molecular complexity index is 948. The van der Waals surface area contributed by atoms with Gasteiger partial charge in [0, 0.05) is 29.4 Å². The maximum absolute atomic E-state index is 14.0. The van der Waals surface area contributed by atoms with Crippen molar-refractivity contribution in [3.8, 4) is 0 Å². The second-order valence-corrected chi connectivity index (χ2v) is 8.07. The molecule has 0 spiro atoms. The van der Waals surface area contributed by atoms with Crippen molar-refractivity contribution in [3.05, 3.63) is 59.0 Å². The zero-order valence-electron chi connectivity index (χ0n) is 15.4. The summed E-state index contributed by atoms with van der Waals surface area (Å²) in [5.74, 6) is 1.14. The van der Waals surface area contributed by atoms with Gasteiger partial charge >= 0.3 is 0 Å². The molecule has 3 heterocycles. The summed E-state index contributed by atoms with van der Waals surface area (Å²) in [7, 11) is 0. The molecule has 0 N–H and O–H groups in total. The Labute approximate surface area is 168 Å². The first-order chi connectivity index (χ1) is 13.7. The Balaban J connectivity index is 1.35. The minimum absolute atomic E-state index is 0.238. The fraction of sp³-hybridized carbons (Fsp3) is 0.381. The zero-order chi connectivity index (χ0) is 19.1. The van der Waals surface area contributed by atoms with Crippen LogP contribution in [0.15, 0.2) is 57.6 Å². The fourth-order valence-electron chi connectivity index (χ4n) is 4.31. The summed E-state index contributed by atoms with van der Waals surface area (Å²) in [4.78, 5) is 11.1. The van der Waals surface area contributed by atoms with Crippen LogP contribution >= 0.6 is 11.6 Å². The molecule has 0 saturated carbocycles. The van der Waals surface area contributed by atoms with E-state index in [2.05, 4.69) is 26.1 Å². The van der Waals surface area contributed by atoms with Gasteiger partial charge in [-0.1, -0.05) is 17.7 Å². The molecule has 0 bridgehead atoms. The summed E-state index contributed by atoms with van der Waals surface area (Å²) in [6.07, 6.45) is 14.0. The maximum atomic E-state index is 14.0. The van der Waals surface area contributed by atoms with E-state index in [-0.39, 0.29) is 11.9 Å². The first-order valence-electron chi connectivity index (χ1n) is 9.73. The summed E-state index contributed by atoms with van der Waals surface area (Å²) in [6.45, 7) is 0.873. The van der Waals surface area contributed by atoms with Crippen molar-refractivity contribution in [2.45, 2.75) is 38.1 Å². The molecule has 4 aliphatic rings. The van der Waals surface area contributed by atoms with Crippen LogP contribution in [0.25, 0.3) is 5.57 Å². The molecule has 5 rings (SSSR count). The SMILES string of the molecule is Fc1cccnc1C1=CCC(N2N=CN3CC4CCC(Cl)=CC4=NC=C32)CC1. The van der Waals surface area contributed by atoms with Crippen LogP contribution in [-0.4, -0.2) is 39.5 Å². The Morgan fingerprint density at radius 2 is 2.14 bits per heavy atom. The molecule has 2 atom stereocenters. The number of fused-ring (bicyclic) bond motifs is 2. The predicted molar refractivity (Wildman–Crippen MR) is 109 cm³/mol. The highest BCUT2D eigenvalue weighted by atomic mass is 35.5. The van der Waals surface area contributed by atoms with Gasteiger partial charge in [-0.05, 0) is 55.9 Å². The van der Waals surface area contributed by atoms with Gasteiger partial charge in [-0.2, -0.15) is 5.10 Å². The quantitative estimate of drug-likeness (QED) is 0.737. The molecule has 7 heteroatoms. The Kier molecular flexibility index (Phi) is 4.51. The molecule has 2 unspecified atom stereocenters. The number of aromatic nitrogens is 1. The van der Waals surface area contributed by atoms with Crippen molar-refractivity contribution in [3.63, 3.8) is 0 Å². The number of hydrazone groups is 1. The third kappa shape index (κ3) is 3.15. The van der Waals surface area contributed by atoms with E-state index in [1.807, 2.05) is 18.6 Å². The molecule has 0 fully saturated rings. The average molecular weight is 398 g/mol. The lowest BCUT2D eigenvalue weighted by Gasteiger charge is -2.31. The van der Waals surface area contributed by atoms with Crippen LogP contribution in [0.1, 0.15) is 37.8 Å². The number of hydrogen-bond donors (Lipinski definition) is 0. The van der Waals surface area contributed by atoms with E-state index < -0.39 is 0 Å². The monoisotopic (exact) mass is 397 g/mol. The molecule has 2 aliphatic heterocycles. The average Bonchev–Trinajstić information content (AvgIpc) is 3.02. The highest BCUT2D eigenvalue weighted by Gasteiger charge is 2.34. The molecule has 0 aromatic carbocycles. The van der Waals surface area contributed by atoms with E-state index in [1.165, 1.54) is 6.07 Å². The molecule has 0 saturated heterocycles. The predicted octanol–water partition coefficient (Wildman–Crippen LogP) is 4.50. The molecule has 5 nitrogen and oxygen atoms in total. The number of nitrogens with zero attached hydrogens (tertiary/aromatic N) is 5. The van der Waals surface area contributed by atoms with E-state index in [0.717, 1.165) is 60.8 Å². The number of aliphatic imine (C=N–C) groups is 1. The minimum Gasteiger partial charge on any atom is -0.314 e. The third-order valence-electron chi connectivity index (χ3n) is 5.84. The van der Waals surface area contributed by atoms with E-state index in [9.17, 15) is 4.39 Å². The van der Waals surface area contributed by atoms with Crippen molar-refractivity contribution in [2.75, 3.05) is 6.54 Å². The molecule has 144 valence electrons. The molecular formula is C21H21ClFN5. The van der Waals surface area contributed by atoms with Crippen LogP contribution < -0.4 is 0 Å². The number of hydrogen-bond acceptors (Lipinski definition) is 5. The lowest BCUT2D eigenvalue weighted by atomic mass is 9.91. The second kappa shape index (κ2) is 7.17. The zero-order valence-corrected chi connectivity index (χ0v) is 16.2. The highest BCUT2D eigenvalue weighted by molar-refractivity contribution is 6.31. The lowest BCUT2D eigenvalue weighted by Crippen LogP contribution is -2.35. The van der Waals surface area contributed by atoms with E-state index >= 15 is 0 Å². The maximum Gasteiger partial charge on any atom is 0.149 e. The van der Waals surface area contributed by atoms with Crippen molar-refractivity contribution in [1.82, 2.24) is 14.9 Å². The smallest absolute Gasteiger partial charge is 0.149 e. The molecular weight excluding hydrogens is 377 g/mol. The van der Waals surface area contributed by atoms with Gasteiger partial charge in [-0.15, -0.1) is 0 Å². The fourth-order valence-corrected chi connectivity index (χ4v) is 4.53. The third-order valence-corrected chi connectivity index (χ3v) is 6.13. The van der Waals surface area contributed by atoms with Crippen LogP contribution in [-0.2, 0) is 0 Å². The molecule has 2 aliphatic carbocycles. The van der Waals surface area contributed by atoms with Crippen molar-refractivity contribution in [1.29, 1.82) is 0 Å². The van der Waals surface area contributed by atoms with E-state index in [1.54, 1.807) is 12.3 Å². The lowest BCUT2D eigenvalue weighted by molar-refractivity contribution is 0.223. The van der Waals surface area contributed by atoms with Gasteiger partial charge in [0.15, 0.2) is 0 Å². The summed E-state index contributed by atoms with van der Waals surface area (Å²) < 4.78 is 14.0. The van der Waals surface area contributed by atoms with Crippen molar-refractivity contribution >= 4 is 29.2 Å². The van der Waals surface area contributed by atoms with Crippen LogP contribution in [0.3, 0.4) is 0 Å². The minimum atomic E-state index is -0.255. The first-order valence-corrected chi connectivity index (χ1v) is 10.1. The van der Waals surface area contributed by atoms with Crippen molar-refractivity contribution in [2.24, 2.45) is 16.0 Å². The second-order valence-electron chi connectivity index (χ2n) is 7.59. The topological polar surface area (TPSA) is 44.1 Å². The highest BCUT2D eigenvalue weighted by Crippen LogP contribution is 2.35. The molecule has 28 heavy (non-hydrogen) atoms.